The van der Waals surface area contributed by atoms with Crippen molar-refractivity contribution in [2.24, 2.45) is 10.9 Å². The Bertz CT molecular complexity index is 669. The summed E-state index contributed by atoms with van der Waals surface area (Å²) in [4.78, 5) is 9.58. The first-order valence-corrected chi connectivity index (χ1v) is 10.9. The molecule has 1 fully saturated rings. The zero-order valence-electron chi connectivity index (χ0n) is 19.2. The Labute approximate surface area is 202 Å². The molecule has 2 N–H and O–H groups in total. The van der Waals surface area contributed by atoms with E-state index in [2.05, 4.69) is 44.0 Å². The summed E-state index contributed by atoms with van der Waals surface area (Å²) in [5.74, 6) is 1.33. The summed E-state index contributed by atoms with van der Waals surface area (Å²) in [7, 11) is 0. The molecule has 1 unspecified atom stereocenters. The summed E-state index contributed by atoms with van der Waals surface area (Å²) in [5.41, 5.74) is 1.63. The third kappa shape index (κ3) is 10.3. The van der Waals surface area contributed by atoms with E-state index in [1.54, 1.807) is 12.1 Å². The van der Waals surface area contributed by atoms with Gasteiger partial charge < -0.3 is 25.2 Å². The maximum absolute atomic E-state index is 12.7. The monoisotopic (exact) mass is 553 g/mol. The molecule has 1 aromatic rings. The number of aryl methyl sites for hydroxylation is 1. The minimum absolute atomic E-state index is 0. The smallest absolute Gasteiger partial charge is 0.387 e. The number of hydrogen-bond donors (Lipinski definition) is 2. The Morgan fingerprint density at radius 3 is 2.42 bits per heavy atom. The van der Waals surface area contributed by atoms with Crippen molar-refractivity contribution in [1.82, 2.24) is 20.4 Å². The van der Waals surface area contributed by atoms with Crippen LogP contribution in [0.3, 0.4) is 0 Å². The van der Waals surface area contributed by atoms with Crippen LogP contribution in [0.25, 0.3) is 0 Å². The number of nitrogens with zero attached hydrogens (tertiary/aromatic N) is 3. The molecule has 2 rings (SSSR count). The van der Waals surface area contributed by atoms with Crippen LogP contribution in [0.4, 0.5) is 8.78 Å². The molecule has 6 nitrogen and oxygen atoms in total. The van der Waals surface area contributed by atoms with Crippen molar-refractivity contribution in [2.75, 3.05) is 52.4 Å². The van der Waals surface area contributed by atoms with E-state index in [0.29, 0.717) is 17.4 Å². The number of alkyl halides is 2. The highest BCUT2D eigenvalue weighted by Gasteiger charge is 2.17. The predicted molar refractivity (Wildman–Crippen MR) is 134 cm³/mol. The lowest BCUT2D eigenvalue weighted by molar-refractivity contribution is -0.0504. The maximum atomic E-state index is 12.7. The molecule has 1 aromatic carbocycles. The van der Waals surface area contributed by atoms with Crippen LogP contribution in [-0.4, -0.2) is 74.7 Å². The van der Waals surface area contributed by atoms with Crippen molar-refractivity contribution in [1.29, 1.82) is 0 Å². The molecule has 1 aliphatic rings. The van der Waals surface area contributed by atoms with Crippen LogP contribution in [0.15, 0.2) is 23.2 Å². The van der Waals surface area contributed by atoms with Gasteiger partial charge in [-0.2, -0.15) is 8.78 Å². The number of benzene rings is 1. The van der Waals surface area contributed by atoms with E-state index in [4.69, 9.17) is 0 Å². The van der Waals surface area contributed by atoms with E-state index in [0.717, 1.165) is 57.9 Å². The van der Waals surface area contributed by atoms with E-state index in [-0.39, 0.29) is 36.3 Å². The van der Waals surface area contributed by atoms with Gasteiger partial charge in [-0.3, -0.25) is 0 Å². The Morgan fingerprint density at radius 1 is 1.13 bits per heavy atom. The lowest BCUT2D eigenvalue weighted by Crippen LogP contribution is -2.48. The first-order chi connectivity index (χ1) is 14.4. The molecule has 1 aliphatic heterocycles. The number of rotatable bonds is 10. The largest absolute Gasteiger partial charge is 0.434 e. The van der Waals surface area contributed by atoms with Gasteiger partial charge in [0.05, 0.1) is 6.54 Å². The maximum Gasteiger partial charge on any atom is 0.387 e. The van der Waals surface area contributed by atoms with Gasteiger partial charge in [0.15, 0.2) is 5.96 Å². The predicted octanol–water partition coefficient (Wildman–Crippen LogP) is 3.54. The van der Waals surface area contributed by atoms with Gasteiger partial charge in [0.1, 0.15) is 5.75 Å². The third-order valence-corrected chi connectivity index (χ3v) is 5.28. The van der Waals surface area contributed by atoms with Crippen molar-refractivity contribution < 1.29 is 13.5 Å². The van der Waals surface area contributed by atoms with Crippen LogP contribution in [0, 0.1) is 12.8 Å². The Morgan fingerprint density at radius 2 is 1.81 bits per heavy atom. The fourth-order valence-electron chi connectivity index (χ4n) is 3.61. The van der Waals surface area contributed by atoms with Gasteiger partial charge in [-0.15, -0.1) is 24.0 Å². The number of piperazine rings is 1. The summed E-state index contributed by atoms with van der Waals surface area (Å²) in [6.07, 6.45) is 0. The number of aliphatic imine (C=N–C) groups is 1. The molecular weight excluding hydrogens is 515 g/mol. The molecule has 0 amide bonds. The minimum Gasteiger partial charge on any atom is -0.434 e. The molecule has 178 valence electrons. The van der Waals surface area contributed by atoms with Crippen molar-refractivity contribution >= 4 is 29.9 Å². The number of likely N-dealkylation sites (N-methyl/N-ethyl adjacent to an activating group) is 1. The second-order valence-corrected chi connectivity index (χ2v) is 7.91. The van der Waals surface area contributed by atoms with Gasteiger partial charge in [0.25, 0.3) is 0 Å². The second kappa shape index (κ2) is 14.8. The van der Waals surface area contributed by atoms with E-state index in [1.165, 1.54) is 0 Å². The molecule has 0 aliphatic carbocycles. The topological polar surface area (TPSA) is 52.1 Å². The van der Waals surface area contributed by atoms with Gasteiger partial charge in [0, 0.05) is 51.4 Å². The van der Waals surface area contributed by atoms with Crippen molar-refractivity contribution in [3.05, 3.63) is 29.3 Å². The molecule has 1 heterocycles. The summed E-state index contributed by atoms with van der Waals surface area (Å²) in [6.45, 7) is 14.0. The normalized spacial score (nSPS) is 16.7. The molecule has 1 atom stereocenters. The summed E-state index contributed by atoms with van der Waals surface area (Å²) < 4.78 is 30.0. The quantitative estimate of drug-likeness (QED) is 0.264. The average Bonchev–Trinajstić information content (AvgIpc) is 2.72. The average molecular weight is 553 g/mol. The Balaban J connectivity index is 0.00000480. The minimum atomic E-state index is -2.85. The number of ether oxygens (including phenoxy) is 1. The van der Waals surface area contributed by atoms with Crippen LogP contribution in [0.2, 0.25) is 0 Å². The Hall–Kier alpha value is -1.20. The lowest BCUT2D eigenvalue weighted by atomic mass is 10.1. The first-order valence-electron chi connectivity index (χ1n) is 10.9. The highest BCUT2D eigenvalue weighted by atomic mass is 127. The van der Waals surface area contributed by atoms with E-state index < -0.39 is 6.61 Å². The molecule has 0 saturated carbocycles. The molecule has 0 aromatic heterocycles. The molecular formula is C22H38F2IN5O. The highest BCUT2D eigenvalue weighted by molar-refractivity contribution is 14.0. The number of halogens is 3. The molecule has 9 heteroatoms. The standard InChI is InChI=1S/C22H37F2N5O.HI/c1-5-25-22(26-14-18(4)16-29-11-9-28(6-2)10-12-29)27-15-19-13-17(3)7-8-20(19)30-21(23)24;/h7-8,13,18,21H,5-6,9-12,14-16H2,1-4H3,(H2,25,26,27);1H. The van der Waals surface area contributed by atoms with Gasteiger partial charge in [-0.25, -0.2) is 4.99 Å². The molecule has 0 spiro atoms. The zero-order chi connectivity index (χ0) is 21.9. The highest BCUT2D eigenvalue weighted by Crippen LogP contribution is 2.22. The van der Waals surface area contributed by atoms with Crippen molar-refractivity contribution in [3.8, 4) is 5.75 Å². The van der Waals surface area contributed by atoms with Gasteiger partial charge in [0.2, 0.25) is 0 Å². The van der Waals surface area contributed by atoms with Gasteiger partial charge in [-0.1, -0.05) is 31.5 Å². The molecule has 0 radical (unpaired) electrons. The second-order valence-electron chi connectivity index (χ2n) is 7.91. The van der Waals surface area contributed by atoms with Crippen molar-refractivity contribution in [3.63, 3.8) is 0 Å². The molecule has 0 bridgehead atoms. The van der Waals surface area contributed by atoms with Crippen LogP contribution < -0.4 is 15.4 Å². The van der Waals surface area contributed by atoms with E-state index in [1.807, 2.05) is 19.9 Å². The Kier molecular flexibility index (Phi) is 13.3. The van der Waals surface area contributed by atoms with E-state index in [9.17, 15) is 8.78 Å². The van der Waals surface area contributed by atoms with Gasteiger partial charge in [-0.05, 0) is 32.4 Å². The first kappa shape index (κ1) is 27.8. The van der Waals surface area contributed by atoms with Crippen LogP contribution in [0.5, 0.6) is 5.75 Å². The van der Waals surface area contributed by atoms with Crippen LogP contribution in [0.1, 0.15) is 31.9 Å². The van der Waals surface area contributed by atoms with E-state index >= 15 is 0 Å². The van der Waals surface area contributed by atoms with Gasteiger partial charge >= 0.3 is 6.61 Å². The lowest BCUT2D eigenvalue weighted by Gasteiger charge is -2.35. The number of nitrogens with one attached hydrogen (secondary N) is 2. The summed E-state index contributed by atoms with van der Waals surface area (Å²) in [6, 6.07) is 5.17. The fraction of sp³-hybridized carbons (Fsp3) is 0.682. The van der Waals surface area contributed by atoms with Crippen molar-refractivity contribution in [2.45, 2.75) is 40.9 Å². The summed E-state index contributed by atoms with van der Waals surface area (Å²) >= 11 is 0. The number of hydrogen-bond acceptors (Lipinski definition) is 4. The number of guanidine groups is 1. The van der Waals surface area contributed by atoms with Crippen LogP contribution >= 0.6 is 24.0 Å². The summed E-state index contributed by atoms with van der Waals surface area (Å²) in [5, 5.41) is 6.62. The molecule has 31 heavy (non-hydrogen) atoms. The third-order valence-electron chi connectivity index (χ3n) is 5.28. The fourth-order valence-corrected chi connectivity index (χ4v) is 3.61. The molecule has 1 saturated heterocycles. The SMILES string of the molecule is CCNC(=NCc1cc(C)ccc1OC(F)F)NCC(C)CN1CCN(CC)CC1.I. The van der Waals surface area contributed by atoms with Crippen LogP contribution in [-0.2, 0) is 6.54 Å². The zero-order valence-corrected chi connectivity index (χ0v) is 21.5.